The van der Waals surface area contributed by atoms with Gasteiger partial charge in [-0.1, -0.05) is 23.8 Å². The minimum Gasteiger partial charge on any atom is -0.393 e. The van der Waals surface area contributed by atoms with Crippen molar-refractivity contribution in [3.05, 3.63) is 38.9 Å². The second kappa shape index (κ2) is 6.75. The highest BCUT2D eigenvalue weighted by Gasteiger charge is 2.13. The highest BCUT2D eigenvalue weighted by Crippen LogP contribution is 2.29. The third-order valence-corrected chi connectivity index (χ3v) is 2.65. The van der Waals surface area contributed by atoms with Gasteiger partial charge in [0.2, 0.25) is 5.91 Å². The van der Waals surface area contributed by atoms with Crippen LogP contribution in [0.25, 0.3) is 6.08 Å². The molecule has 0 atom stereocenters. The summed E-state index contributed by atoms with van der Waals surface area (Å²) in [7, 11) is 0. The van der Waals surface area contributed by atoms with Crippen molar-refractivity contribution in [2.75, 3.05) is 12.3 Å². The summed E-state index contributed by atoms with van der Waals surface area (Å²) in [5.74, 6) is -0.102. The van der Waals surface area contributed by atoms with E-state index < -0.39 is 4.92 Å². The van der Waals surface area contributed by atoms with Gasteiger partial charge in [-0.05, 0) is 18.1 Å². The molecule has 6 nitrogen and oxygen atoms in total. The molecule has 0 fully saturated rings. The third kappa shape index (κ3) is 4.59. The second-order valence-electron chi connectivity index (χ2n) is 3.86. The molecular weight excluding hydrogens is 270 g/mol. The molecule has 1 aromatic carbocycles. The first-order valence-electron chi connectivity index (χ1n) is 5.56. The van der Waals surface area contributed by atoms with Gasteiger partial charge >= 0.3 is 0 Å². The topological polar surface area (TPSA) is 98.3 Å². The predicted molar refractivity (Wildman–Crippen MR) is 74.9 cm³/mol. The molecule has 0 heterocycles. The van der Waals surface area contributed by atoms with Crippen molar-refractivity contribution in [2.45, 2.75) is 13.3 Å². The first-order chi connectivity index (χ1) is 8.91. The lowest BCUT2D eigenvalue weighted by atomic mass is 10.1. The molecule has 0 unspecified atom stereocenters. The first-order valence-corrected chi connectivity index (χ1v) is 5.94. The van der Waals surface area contributed by atoms with E-state index in [-0.39, 0.29) is 17.3 Å². The van der Waals surface area contributed by atoms with Gasteiger partial charge < -0.3 is 11.1 Å². The summed E-state index contributed by atoms with van der Waals surface area (Å²) in [5.41, 5.74) is 5.88. The van der Waals surface area contributed by atoms with Crippen molar-refractivity contribution in [2.24, 2.45) is 0 Å². The number of rotatable bonds is 5. The number of carbonyl (C=O) groups is 1. The van der Waals surface area contributed by atoms with Crippen molar-refractivity contribution in [3.8, 4) is 0 Å². The van der Waals surface area contributed by atoms with Crippen molar-refractivity contribution in [3.63, 3.8) is 0 Å². The van der Waals surface area contributed by atoms with Crippen molar-refractivity contribution in [1.29, 1.82) is 0 Å². The zero-order valence-corrected chi connectivity index (χ0v) is 11.1. The van der Waals surface area contributed by atoms with Crippen LogP contribution in [0.1, 0.15) is 18.9 Å². The number of nitrogen functional groups attached to an aromatic ring is 1. The first kappa shape index (κ1) is 15.0. The lowest BCUT2D eigenvalue weighted by molar-refractivity contribution is -0.383. The van der Waals surface area contributed by atoms with Crippen LogP contribution < -0.4 is 11.1 Å². The van der Waals surface area contributed by atoms with E-state index in [0.29, 0.717) is 23.6 Å². The molecule has 0 aliphatic carbocycles. The molecule has 0 radical (unpaired) electrons. The molecular formula is C12H14ClN3O3. The molecule has 0 aliphatic heterocycles. The fraction of sp³-hybridized carbons (Fsp3) is 0.250. The molecule has 1 aromatic rings. The molecule has 0 aromatic heterocycles. The van der Waals surface area contributed by atoms with E-state index in [0.717, 1.165) is 0 Å². The normalized spacial score (nSPS) is 10.6. The van der Waals surface area contributed by atoms with E-state index in [1.54, 1.807) is 12.2 Å². The van der Waals surface area contributed by atoms with Crippen LogP contribution in [-0.4, -0.2) is 17.4 Å². The largest absolute Gasteiger partial charge is 0.393 e. The summed E-state index contributed by atoms with van der Waals surface area (Å²) >= 11 is 5.95. The number of nitrogens with two attached hydrogens (primary N) is 1. The van der Waals surface area contributed by atoms with Crippen LogP contribution in [0.3, 0.4) is 0 Å². The molecule has 1 rings (SSSR count). The highest BCUT2D eigenvalue weighted by molar-refractivity contribution is 6.32. The van der Waals surface area contributed by atoms with Gasteiger partial charge in [-0.25, -0.2) is 0 Å². The standard InChI is InChI=1S/C12H14ClN3O3/c1-8(17)15-5-3-2-4-9-6-12(16(18)19)11(14)7-10(9)13/h2,4,6-7H,3,5,14H2,1H3,(H,15,17). The maximum absolute atomic E-state index is 10.7. The molecule has 0 saturated carbocycles. The van der Waals surface area contributed by atoms with Gasteiger partial charge in [0.25, 0.3) is 5.69 Å². The average molecular weight is 284 g/mol. The number of nitrogens with zero attached hydrogens (tertiary/aromatic N) is 1. The molecule has 0 bridgehead atoms. The minimum atomic E-state index is -0.555. The average Bonchev–Trinajstić information content (AvgIpc) is 2.30. The molecule has 0 aliphatic rings. The number of amides is 1. The zero-order valence-electron chi connectivity index (χ0n) is 10.4. The molecule has 0 spiro atoms. The van der Waals surface area contributed by atoms with E-state index in [4.69, 9.17) is 17.3 Å². The number of carbonyl (C=O) groups excluding carboxylic acids is 1. The Kier molecular flexibility index (Phi) is 5.32. The maximum atomic E-state index is 10.7. The van der Waals surface area contributed by atoms with Crippen LogP contribution >= 0.6 is 11.6 Å². The minimum absolute atomic E-state index is 0.0328. The summed E-state index contributed by atoms with van der Waals surface area (Å²) in [6.07, 6.45) is 4.04. The van der Waals surface area contributed by atoms with E-state index in [2.05, 4.69) is 5.32 Å². The number of halogens is 1. The van der Waals surface area contributed by atoms with Crippen LogP contribution in [0.5, 0.6) is 0 Å². The summed E-state index contributed by atoms with van der Waals surface area (Å²) in [5, 5.41) is 13.7. The van der Waals surface area contributed by atoms with Crippen molar-refractivity contribution < 1.29 is 9.72 Å². The molecule has 0 saturated heterocycles. The number of anilines is 1. The SMILES string of the molecule is CC(=O)NCCC=Cc1cc([N+](=O)[O-])c(N)cc1Cl. The number of benzene rings is 1. The molecule has 102 valence electrons. The number of nitro groups is 1. The Balaban J connectivity index is 2.77. The quantitative estimate of drug-likeness (QED) is 0.375. The van der Waals surface area contributed by atoms with Gasteiger partial charge in [-0.15, -0.1) is 0 Å². The Morgan fingerprint density at radius 2 is 2.26 bits per heavy atom. The van der Waals surface area contributed by atoms with E-state index in [1.807, 2.05) is 0 Å². The second-order valence-corrected chi connectivity index (χ2v) is 4.27. The van der Waals surface area contributed by atoms with Crippen LogP contribution in [0, 0.1) is 10.1 Å². The van der Waals surface area contributed by atoms with Gasteiger partial charge in [-0.3, -0.25) is 14.9 Å². The molecule has 3 N–H and O–H groups in total. The predicted octanol–water partition coefficient (Wildman–Crippen LogP) is 2.37. The zero-order chi connectivity index (χ0) is 14.4. The summed E-state index contributed by atoms with van der Waals surface area (Å²) < 4.78 is 0. The molecule has 1 amide bonds. The smallest absolute Gasteiger partial charge is 0.292 e. The Bertz CT molecular complexity index is 529. The van der Waals surface area contributed by atoms with E-state index in [1.165, 1.54) is 19.1 Å². The summed E-state index contributed by atoms with van der Waals surface area (Å²) in [4.78, 5) is 20.8. The van der Waals surface area contributed by atoms with Crippen molar-refractivity contribution in [1.82, 2.24) is 5.32 Å². The number of hydrogen-bond donors (Lipinski definition) is 2. The monoisotopic (exact) mass is 283 g/mol. The lowest BCUT2D eigenvalue weighted by Gasteiger charge is -2.02. The van der Waals surface area contributed by atoms with E-state index >= 15 is 0 Å². The summed E-state index contributed by atoms with van der Waals surface area (Å²) in [6, 6.07) is 2.68. The lowest BCUT2D eigenvalue weighted by Crippen LogP contribution is -2.20. The van der Waals surface area contributed by atoms with Crippen LogP contribution in [-0.2, 0) is 4.79 Å². The Morgan fingerprint density at radius 1 is 1.58 bits per heavy atom. The Morgan fingerprint density at radius 3 is 2.84 bits per heavy atom. The fourth-order valence-electron chi connectivity index (χ4n) is 1.42. The van der Waals surface area contributed by atoms with Crippen LogP contribution in [0.4, 0.5) is 11.4 Å². The highest BCUT2D eigenvalue weighted by atomic mass is 35.5. The van der Waals surface area contributed by atoms with Gasteiger partial charge in [0, 0.05) is 19.5 Å². The molecule has 19 heavy (non-hydrogen) atoms. The van der Waals surface area contributed by atoms with Gasteiger partial charge in [0.15, 0.2) is 0 Å². The Labute approximate surface area is 115 Å². The third-order valence-electron chi connectivity index (χ3n) is 2.33. The fourth-order valence-corrected chi connectivity index (χ4v) is 1.66. The van der Waals surface area contributed by atoms with Crippen LogP contribution in [0.2, 0.25) is 5.02 Å². The number of nitrogens with one attached hydrogen (secondary N) is 1. The molecule has 7 heteroatoms. The Hall–Kier alpha value is -2.08. The maximum Gasteiger partial charge on any atom is 0.292 e. The van der Waals surface area contributed by atoms with Gasteiger partial charge in [0.1, 0.15) is 5.69 Å². The summed E-state index contributed by atoms with van der Waals surface area (Å²) in [6.45, 7) is 1.93. The van der Waals surface area contributed by atoms with E-state index in [9.17, 15) is 14.9 Å². The van der Waals surface area contributed by atoms with Gasteiger partial charge in [0.05, 0.1) is 9.95 Å². The van der Waals surface area contributed by atoms with Crippen molar-refractivity contribution >= 4 is 35.0 Å². The van der Waals surface area contributed by atoms with Crippen LogP contribution in [0.15, 0.2) is 18.2 Å². The van der Waals surface area contributed by atoms with Gasteiger partial charge in [-0.2, -0.15) is 0 Å². The number of nitro benzene ring substituents is 1. The number of hydrogen-bond acceptors (Lipinski definition) is 4.